The maximum atomic E-state index is 12.1. The minimum atomic E-state index is 0.219. The van der Waals surface area contributed by atoms with Crippen molar-refractivity contribution >= 4 is 5.91 Å². The molecule has 2 saturated carbocycles. The molecule has 22 heavy (non-hydrogen) atoms. The van der Waals surface area contributed by atoms with Crippen molar-refractivity contribution in [3.05, 3.63) is 35.7 Å². The summed E-state index contributed by atoms with van der Waals surface area (Å²) in [5.41, 5.74) is 2.05. The van der Waals surface area contributed by atoms with E-state index >= 15 is 0 Å². The van der Waals surface area contributed by atoms with Crippen molar-refractivity contribution in [1.82, 2.24) is 20.5 Å². The molecule has 2 aromatic rings. The van der Waals surface area contributed by atoms with Gasteiger partial charge in [-0.3, -0.25) is 9.89 Å². The monoisotopic (exact) mass is 296 g/mol. The minimum absolute atomic E-state index is 0.219. The van der Waals surface area contributed by atoms with E-state index in [0.29, 0.717) is 18.3 Å². The Morgan fingerprint density at radius 1 is 1.41 bits per heavy atom. The molecular weight excluding hydrogens is 276 g/mol. The van der Waals surface area contributed by atoms with E-state index in [0.717, 1.165) is 29.3 Å². The molecule has 1 aromatic heterocycles. The molecule has 2 N–H and O–H groups in total. The van der Waals surface area contributed by atoms with Crippen LogP contribution in [0.5, 0.6) is 0 Å². The first-order valence-corrected chi connectivity index (χ1v) is 7.97. The number of aryl methyl sites for hydroxylation is 1. The summed E-state index contributed by atoms with van der Waals surface area (Å²) in [4.78, 5) is 16.5. The zero-order valence-corrected chi connectivity index (χ0v) is 12.7. The Labute approximate surface area is 129 Å². The molecule has 0 unspecified atom stereocenters. The summed E-state index contributed by atoms with van der Waals surface area (Å²) in [7, 11) is 0. The lowest BCUT2D eigenvalue weighted by molar-refractivity contribution is -0.122. The highest BCUT2D eigenvalue weighted by molar-refractivity contribution is 5.81. The van der Waals surface area contributed by atoms with E-state index in [4.69, 9.17) is 0 Å². The van der Waals surface area contributed by atoms with Crippen LogP contribution in [0.15, 0.2) is 24.3 Å². The van der Waals surface area contributed by atoms with Gasteiger partial charge in [0.25, 0.3) is 0 Å². The highest BCUT2D eigenvalue weighted by atomic mass is 16.2. The van der Waals surface area contributed by atoms with E-state index < -0.39 is 0 Å². The summed E-state index contributed by atoms with van der Waals surface area (Å²) in [5, 5.41) is 10.1. The molecule has 2 atom stereocenters. The fourth-order valence-corrected chi connectivity index (χ4v) is 3.17. The van der Waals surface area contributed by atoms with Gasteiger partial charge < -0.3 is 5.32 Å². The molecule has 1 aromatic carbocycles. The lowest BCUT2D eigenvalue weighted by Gasteiger charge is -2.06. The Bertz CT molecular complexity index is 704. The molecule has 0 saturated heterocycles. The average molecular weight is 296 g/mol. The molecule has 0 bridgehead atoms. The normalized spacial score (nSPS) is 23.3. The maximum Gasteiger partial charge on any atom is 0.223 e. The van der Waals surface area contributed by atoms with Gasteiger partial charge in [0.2, 0.25) is 5.91 Å². The van der Waals surface area contributed by atoms with Crippen molar-refractivity contribution in [1.29, 1.82) is 0 Å². The highest BCUT2D eigenvalue weighted by Gasteiger charge is 2.50. The zero-order valence-electron chi connectivity index (χ0n) is 12.7. The van der Waals surface area contributed by atoms with Crippen LogP contribution >= 0.6 is 0 Å². The molecule has 114 valence electrons. The van der Waals surface area contributed by atoms with Crippen molar-refractivity contribution in [2.45, 2.75) is 32.7 Å². The number of nitrogens with one attached hydrogen (secondary N) is 2. The van der Waals surface area contributed by atoms with E-state index in [1.54, 1.807) is 0 Å². The van der Waals surface area contributed by atoms with Crippen LogP contribution in [0.2, 0.25) is 0 Å². The maximum absolute atomic E-state index is 12.1. The molecule has 2 fully saturated rings. The molecular formula is C17H20N4O. The predicted octanol–water partition coefficient (Wildman–Crippen LogP) is 2.44. The molecule has 5 heteroatoms. The van der Waals surface area contributed by atoms with Gasteiger partial charge in [-0.2, -0.15) is 5.10 Å². The summed E-state index contributed by atoms with van der Waals surface area (Å²) in [6, 6.07) is 8.02. The molecule has 0 aliphatic heterocycles. The van der Waals surface area contributed by atoms with Crippen LogP contribution in [0.4, 0.5) is 0 Å². The van der Waals surface area contributed by atoms with Gasteiger partial charge in [-0.1, -0.05) is 18.2 Å². The first-order chi connectivity index (χ1) is 10.7. The van der Waals surface area contributed by atoms with Crippen LogP contribution in [0.3, 0.4) is 0 Å². The molecule has 4 rings (SSSR count). The van der Waals surface area contributed by atoms with Gasteiger partial charge in [0, 0.05) is 18.0 Å². The fourth-order valence-electron chi connectivity index (χ4n) is 3.17. The second-order valence-electron chi connectivity index (χ2n) is 6.51. The van der Waals surface area contributed by atoms with Crippen LogP contribution in [0.1, 0.15) is 30.7 Å². The third-order valence-electron chi connectivity index (χ3n) is 4.65. The van der Waals surface area contributed by atoms with Gasteiger partial charge in [-0.15, -0.1) is 0 Å². The lowest BCUT2D eigenvalue weighted by Crippen LogP contribution is -2.25. The Morgan fingerprint density at radius 2 is 2.27 bits per heavy atom. The number of rotatable bonds is 5. The van der Waals surface area contributed by atoms with Crippen LogP contribution in [0, 0.1) is 24.7 Å². The molecule has 0 radical (unpaired) electrons. The van der Waals surface area contributed by atoms with Crippen molar-refractivity contribution in [2.24, 2.45) is 17.8 Å². The molecule has 1 heterocycles. The molecule has 1 amide bonds. The third kappa shape index (κ3) is 2.75. The Morgan fingerprint density at radius 3 is 3.00 bits per heavy atom. The number of aromatic amines is 1. The van der Waals surface area contributed by atoms with E-state index in [-0.39, 0.29) is 11.8 Å². The standard InChI is InChI=1S/C17H20N4O/c1-10-19-16(21-20-10)13-4-2-3-11(7-13)9-18-17(22)15-8-14(15)12-5-6-12/h2-4,7,12,14-15H,5-6,8-9H2,1H3,(H,18,22)(H,19,20,21)/t14-,15-/m0/s1. The summed E-state index contributed by atoms with van der Waals surface area (Å²) in [6.45, 7) is 2.45. The summed E-state index contributed by atoms with van der Waals surface area (Å²) >= 11 is 0. The minimum Gasteiger partial charge on any atom is -0.352 e. The van der Waals surface area contributed by atoms with Gasteiger partial charge >= 0.3 is 0 Å². The van der Waals surface area contributed by atoms with E-state index in [1.165, 1.54) is 12.8 Å². The Balaban J connectivity index is 1.37. The number of hydrogen-bond acceptors (Lipinski definition) is 3. The summed E-state index contributed by atoms with van der Waals surface area (Å²) < 4.78 is 0. The zero-order chi connectivity index (χ0) is 15.1. The van der Waals surface area contributed by atoms with E-state index in [9.17, 15) is 4.79 Å². The molecule has 2 aliphatic rings. The smallest absolute Gasteiger partial charge is 0.223 e. The molecule has 2 aliphatic carbocycles. The Kier molecular flexibility index (Phi) is 3.21. The van der Waals surface area contributed by atoms with Gasteiger partial charge in [-0.25, -0.2) is 4.98 Å². The summed E-state index contributed by atoms with van der Waals surface area (Å²) in [5.74, 6) is 3.49. The highest BCUT2D eigenvalue weighted by Crippen LogP contribution is 2.54. The van der Waals surface area contributed by atoms with Crippen LogP contribution in [-0.4, -0.2) is 21.1 Å². The van der Waals surface area contributed by atoms with Gasteiger partial charge in [0.1, 0.15) is 5.82 Å². The SMILES string of the molecule is Cc1nc(-c2cccc(CNC(=O)[C@H]3C[C@H]3C3CC3)c2)n[nH]1. The number of amides is 1. The largest absolute Gasteiger partial charge is 0.352 e. The number of carbonyl (C=O) groups excluding carboxylic acids is 1. The van der Waals surface area contributed by atoms with Crippen molar-refractivity contribution in [3.8, 4) is 11.4 Å². The lowest BCUT2D eigenvalue weighted by atomic mass is 10.1. The Hall–Kier alpha value is -2.17. The van der Waals surface area contributed by atoms with Crippen LogP contribution in [0.25, 0.3) is 11.4 Å². The third-order valence-corrected chi connectivity index (χ3v) is 4.65. The van der Waals surface area contributed by atoms with E-state index in [1.807, 2.05) is 31.2 Å². The second-order valence-corrected chi connectivity index (χ2v) is 6.51. The predicted molar refractivity (Wildman–Crippen MR) is 82.7 cm³/mol. The number of nitrogens with zero attached hydrogens (tertiary/aromatic N) is 2. The number of aromatic nitrogens is 3. The van der Waals surface area contributed by atoms with Crippen molar-refractivity contribution in [3.63, 3.8) is 0 Å². The fraction of sp³-hybridized carbons (Fsp3) is 0.471. The summed E-state index contributed by atoms with van der Waals surface area (Å²) in [6.07, 6.45) is 3.74. The van der Waals surface area contributed by atoms with Crippen molar-refractivity contribution in [2.75, 3.05) is 0 Å². The molecule has 5 nitrogen and oxygen atoms in total. The number of hydrogen-bond donors (Lipinski definition) is 2. The first kappa shape index (κ1) is 13.5. The van der Waals surface area contributed by atoms with Gasteiger partial charge in [-0.05, 0) is 49.7 Å². The number of carbonyl (C=O) groups is 1. The molecule has 0 spiro atoms. The van der Waals surface area contributed by atoms with Gasteiger partial charge in [0.05, 0.1) is 0 Å². The number of benzene rings is 1. The van der Waals surface area contributed by atoms with Crippen molar-refractivity contribution < 1.29 is 4.79 Å². The van der Waals surface area contributed by atoms with Crippen LogP contribution < -0.4 is 5.32 Å². The quantitative estimate of drug-likeness (QED) is 0.890. The topological polar surface area (TPSA) is 70.7 Å². The van der Waals surface area contributed by atoms with Gasteiger partial charge in [0.15, 0.2) is 5.82 Å². The van der Waals surface area contributed by atoms with E-state index in [2.05, 4.69) is 20.5 Å². The first-order valence-electron chi connectivity index (χ1n) is 7.97. The van der Waals surface area contributed by atoms with Crippen LogP contribution in [-0.2, 0) is 11.3 Å². The average Bonchev–Trinajstić information content (AvgIpc) is 3.42. The number of H-pyrrole nitrogens is 1. The second kappa shape index (κ2) is 5.23.